The van der Waals surface area contributed by atoms with Crippen LogP contribution in [0.1, 0.15) is 11.3 Å². The maximum absolute atomic E-state index is 12.4. The molecule has 0 radical (unpaired) electrons. The predicted octanol–water partition coefficient (Wildman–Crippen LogP) is 2.50. The summed E-state index contributed by atoms with van der Waals surface area (Å²) in [5, 5.41) is 0.163. The minimum absolute atomic E-state index is 0.0653. The molecule has 1 N–H and O–H groups in total. The molecule has 0 unspecified atom stereocenters. The van der Waals surface area contributed by atoms with Crippen LogP contribution in [0.15, 0.2) is 23.0 Å². The second-order valence-electron chi connectivity index (χ2n) is 4.44. The largest absolute Gasteiger partial charge is 0.573 e. The fraction of sp³-hybridized carbons (Fsp3) is 0.308. The monoisotopic (exact) mass is 285 g/mol. The highest BCUT2D eigenvalue weighted by Crippen LogP contribution is 2.29. The highest BCUT2D eigenvalue weighted by atomic mass is 19.4. The molecule has 0 saturated heterocycles. The van der Waals surface area contributed by atoms with Crippen molar-refractivity contribution in [3.05, 3.63) is 39.7 Å². The van der Waals surface area contributed by atoms with E-state index in [1.54, 1.807) is 0 Å². The molecule has 0 amide bonds. The molecular weight excluding hydrogens is 275 g/mol. The van der Waals surface area contributed by atoms with Gasteiger partial charge in [-0.2, -0.15) is 0 Å². The molecule has 0 bridgehead atoms. The second kappa shape index (κ2) is 4.52. The third-order valence-corrected chi connectivity index (χ3v) is 3.15. The Morgan fingerprint density at radius 1 is 1.30 bits per heavy atom. The predicted molar refractivity (Wildman–Crippen MR) is 64.6 cm³/mol. The molecule has 106 valence electrons. The van der Waals surface area contributed by atoms with Crippen LogP contribution < -0.4 is 10.2 Å². The number of nitrogens with one attached hydrogen (secondary N) is 1. The van der Waals surface area contributed by atoms with Crippen molar-refractivity contribution in [3.63, 3.8) is 0 Å². The lowest BCUT2D eigenvalue weighted by atomic mass is 10.1. The number of alkyl halides is 3. The molecule has 0 saturated carbocycles. The molecule has 1 aliphatic heterocycles. The van der Waals surface area contributed by atoms with E-state index in [9.17, 15) is 18.0 Å². The van der Waals surface area contributed by atoms with Crippen LogP contribution in [0.3, 0.4) is 0 Å². The number of halogens is 3. The Morgan fingerprint density at radius 3 is 2.85 bits per heavy atom. The van der Waals surface area contributed by atoms with Gasteiger partial charge in [-0.1, -0.05) is 6.07 Å². The van der Waals surface area contributed by atoms with E-state index in [4.69, 9.17) is 4.74 Å². The first-order chi connectivity index (χ1) is 9.46. The average Bonchev–Trinajstić information content (AvgIpc) is 2.39. The van der Waals surface area contributed by atoms with Crippen molar-refractivity contribution in [3.8, 4) is 5.75 Å². The SMILES string of the molecule is O=c1c2c([nH]c3c(OC(F)(F)F)cccc13)CCOC2. The molecule has 4 nitrogen and oxygen atoms in total. The number of aromatic nitrogens is 1. The fourth-order valence-electron chi connectivity index (χ4n) is 2.30. The van der Waals surface area contributed by atoms with E-state index in [0.29, 0.717) is 24.3 Å². The number of fused-ring (bicyclic) bond motifs is 2. The van der Waals surface area contributed by atoms with E-state index in [-0.39, 0.29) is 22.9 Å². The van der Waals surface area contributed by atoms with Gasteiger partial charge in [0.2, 0.25) is 0 Å². The van der Waals surface area contributed by atoms with Gasteiger partial charge in [-0.25, -0.2) is 0 Å². The molecule has 2 aromatic rings. The van der Waals surface area contributed by atoms with Crippen molar-refractivity contribution in [1.29, 1.82) is 0 Å². The molecule has 1 aliphatic rings. The summed E-state index contributed by atoms with van der Waals surface area (Å²) >= 11 is 0. The van der Waals surface area contributed by atoms with Crippen molar-refractivity contribution in [2.45, 2.75) is 19.4 Å². The van der Waals surface area contributed by atoms with Gasteiger partial charge in [0.05, 0.1) is 18.7 Å². The lowest BCUT2D eigenvalue weighted by molar-refractivity contribution is -0.274. The first-order valence-corrected chi connectivity index (χ1v) is 5.96. The summed E-state index contributed by atoms with van der Waals surface area (Å²) in [6.07, 6.45) is -4.34. The first-order valence-electron chi connectivity index (χ1n) is 5.96. The van der Waals surface area contributed by atoms with E-state index >= 15 is 0 Å². The highest BCUT2D eigenvalue weighted by molar-refractivity contribution is 5.85. The van der Waals surface area contributed by atoms with Crippen LogP contribution in [0.4, 0.5) is 13.2 Å². The van der Waals surface area contributed by atoms with Gasteiger partial charge in [0, 0.05) is 23.1 Å². The molecule has 0 aliphatic carbocycles. The molecular formula is C13H10F3NO3. The third kappa shape index (κ3) is 2.24. The topological polar surface area (TPSA) is 51.3 Å². The van der Waals surface area contributed by atoms with Gasteiger partial charge in [-0.3, -0.25) is 4.79 Å². The Hall–Kier alpha value is -2.02. The Kier molecular flexibility index (Phi) is 2.93. The number of ether oxygens (including phenoxy) is 2. The Labute approximate surface area is 111 Å². The number of aromatic amines is 1. The van der Waals surface area contributed by atoms with E-state index in [1.807, 2.05) is 0 Å². The van der Waals surface area contributed by atoms with Crippen LogP contribution in [0.5, 0.6) is 5.75 Å². The normalized spacial score (nSPS) is 15.2. The molecule has 20 heavy (non-hydrogen) atoms. The van der Waals surface area contributed by atoms with Gasteiger partial charge in [0.25, 0.3) is 0 Å². The fourth-order valence-corrected chi connectivity index (χ4v) is 2.30. The summed E-state index contributed by atoms with van der Waals surface area (Å²) in [4.78, 5) is 15.1. The first kappa shape index (κ1) is 13.0. The smallest absolute Gasteiger partial charge is 0.404 e. The zero-order valence-corrected chi connectivity index (χ0v) is 10.2. The lowest BCUT2D eigenvalue weighted by Gasteiger charge is -2.18. The third-order valence-electron chi connectivity index (χ3n) is 3.15. The van der Waals surface area contributed by atoms with Gasteiger partial charge in [-0.05, 0) is 12.1 Å². The maximum Gasteiger partial charge on any atom is 0.573 e. The summed E-state index contributed by atoms with van der Waals surface area (Å²) in [6, 6.07) is 4.00. The van der Waals surface area contributed by atoms with Crippen molar-refractivity contribution in [1.82, 2.24) is 4.98 Å². The Morgan fingerprint density at radius 2 is 2.10 bits per heavy atom. The molecule has 0 spiro atoms. The van der Waals surface area contributed by atoms with E-state index < -0.39 is 12.1 Å². The van der Waals surface area contributed by atoms with E-state index in [2.05, 4.69) is 9.72 Å². The van der Waals surface area contributed by atoms with E-state index in [0.717, 1.165) is 0 Å². The van der Waals surface area contributed by atoms with Crippen LogP contribution >= 0.6 is 0 Å². The molecule has 1 aromatic heterocycles. The standard InChI is InChI=1S/C13H10F3NO3/c14-13(15,16)20-10-3-1-2-7-11(10)17-9-4-5-19-6-8(9)12(7)18/h1-3H,4-6H2,(H,17,18). The number of pyridine rings is 1. The van der Waals surface area contributed by atoms with Crippen molar-refractivity contribution in [2.75, 3.05) is 6.61 Å². The summed E-state index contributed by atoms with van der Waals surface area (Å²) in [7, 11) is 0. The summed E-state index contributed by atoms with van der Waals surface area (Å²) in [5.74, 6) is -0.401. The van der Waals surface area contributed by atoms with Crippen LogP contribution in [0.25, 0.3) is 10.9 Å². The summed E-state index contributed by atoms with van der Waals surface area (Å²) in [5.41, 5.74) is 0.816. The zero-order chi connectivity index (χ0) is 14.3. The van der Waals surface area contributed by atoms with Gasteiger partial charge in [0.15, 0.2) is 11.2 Å². The van der Waals surface area contributed by atoms with Gasteiger partial charge in [-0.15, -0.1) is 13.2 Å². The molecule has 7 heteroatoms. The quantitative estimate of drug-likeness (QED) is 0.875. The van der Waals surface area contributed by atoms with Crippen molar-refractivity contribution in [2.24, 2.45) is 0 Å². The zero-order valence-electron chi connectivity index (χ0n) is 10.2. The maximum atomic E-state index is 12.4. The lowest BCUT2D eigenvalue weighted by Crippen LogP contribution is -2.23. The molecule has 1 aromatic carbocycles. The molecule has 0 atom stereocenters. The molecule has 2 heterocycles. The van der Waals surface area contributed by atoms with Gasteiger partial charge >= 0.3 is 6.36 Å². The van der Waals surface area contributed by atoms with Crippen LogP contribution in [-0.2, 0) is 17.8 Å². The van der Waals surface area contributed by atoms with Crippen LogP contribution in [0.2, 0.25) is 0 Å². The number of hydrogen-bond donors (Lipinski definition) is 1. The highest BCUT2D eigenvalue weighted by Gasteiger charge is 2.32. The Balaban J connectivity index is 2.24. The average molecular weight is 285 g/mol. The second-order valence-corrected chi connectivity index (χ2v) is 4.44. The molecule has 0 fully saturated rings. The Bertz CT molecular complexity index is 721. The number of H-pyrrole nitrogens is 1. The van der Waals surface area contributed by atoms with E-state index in [1.165, 1.54) is 18.2 Å². The number of benzene rings is 1. The molecule has 3 rings (SSSR count). The van der Waals surface area contributed by atoms with Crippen LogP contribution in [0, 0.1) is 0 Å². The number of rotatable bonds is 1. The van der Waals surface area contributed by atoms with Crippen molar-refractivity contribution >= 4 is 10.9 Å². The summed E-state index contributed by atoms with van der Waals surface area (Å²) in [6.45, 7) is 0.599. The minimum atomic E-state index is -4.80. The minimum Gasteiger partial charge on any atom is -0.404 e. The van der Waals surface area contributed by atoms with Gasteiger partial charge in [0.1, 0.15) is 0 Å². The number of para-hydroxylation sites is 1. The summed E-state index contributed by atoms with van der Waals surface area (Å²) < 4.78 is 46.3. The van der Waals surface area contributed by atoms with Crippen LogP contribution in [-0.4, -0.2) is 18.0 Å². The van der Waals surface area contributed by atoms with Gasteiger partial charge < -0.3 is 14.5 Å². The number of hydrogen-bond acceptors (Lipinski definition) is 3. The van der Waals surface area contributed by atoms with Crippen molar-refractivity contribution < 1.29 is 22.6 Å².